The van der Waals surface area contributed by atoms with E-state index in [4.69, 9.17) is 15.5 Å². The van der Waals surface area contributed by atoms with Crippen LogP contribution >= 0.6 is 0 Å². The first-order chi connectivity index (χ1) is 12.1. The van der Waals surface area contributed by atoms with Crippen LogP contribution in [-0.4, -0.2) is 66.7 Å². The average molecular weight is 347 g/mol. The van der Waals surface area contributed by atoms with Gasteiger partial charge in [-0.2, -0.15) is 0 Å². The van der Waals surface area contributed by atoms with Gasteiger partial charge in [-0.3, -0.25) is 14.6 Å². The predicted octanol–water partition coefficient (Wildman–Crippen LogP) is -0.628. The number of carbonyl (C=O) groups excluding carboxylic acids is 1. The summed E-state index contributed by atoms with van der Waals surface area (Å²) in [6.07, 6.45) is 3.41. The number of piperidine rings is 1. The molecule has 136 valence electrons. The Kier molecular flexibility index (Phi) is 4.24. The third-order valence-electron chi connectivity index (χ3n) is 5.92. The summed E-state index contributed by atoms with van der Waals surface area (Å²) in [5.74, 6) is 0.662. The number of H-pyrrole nitrogens is 1. The SMILES string of the molecule is NCC(=O)N1CCC2(CCc3c2nc(N2CCOCC2)[nH]c3=O)CC1. The van der Waals surface area contributed by atoms with Crippen molar-refractivity contribution in [2.75, 3.05) is 50.8 Å². The molecule has 2 aliphatic heterocycles. The number of fused-ring (bicyclic) bond motifs is 2. The highest BCUT2D eigenvalue weighted by atomic mass is 16.5. The van der Waals surface area contributed by atoms with Crippen molar-refractivity contribution >= 4 is 11.9 Å². The molecule has 1 aromatic rings. The highest BCUT2D eigenvalue weighted by Crippen LogP contribution is 2.44. The fraction of sp³-hybridized carbons (Fsp3) is 0.706. The van der Waals surface area contributed by atoms with Crippen molar-refractivity contribution in [3.63, 3.8) is 0 Å². The fourth-order valence-electron chi connectivity index (χ4n) is 4.36. The largest absolute Gasteiger partial charge is 0.378 e. The molecule has 0 atom stereocenters. The minimum Gasteiger partial charge on any atom is -0.378 e. The Balaban J connectivity index is 1.62. The zero-order valence-corrected chi connectivity index (χ0v) is 14.4. The van der Waals surface area contributed by atoms with Crippen molar-refractivity contribution in [2.24, 2.45) is 5.73 Å². The standard InChI is InChI=1S/C17H25N5O3/c18-11-13(23)21-5-3-17(4-6-21)2-1-12-14(17)19-16(20-15(12)24)22-7-9-25-10-8-22/h1-11,18H2,(H,19,20,24). The number of hydrogen-bond donors (Lipinski definition) is 2. The Morgan fingerprint density at radius 1 is 1.20 bits per heavy atom. The van der Waals surface area contributed by atoms with E-state index in [-0.39, 0.29) is 23.4 Å². The first-order valence-electron chi connectivity index (χ1n) is 9.07. The maximum atomic E-state index is 12.6. The van der Waals surface area contributed by atoms with Crippen molar-refractivity contribution in [3.8, 4) is 0 Å². The molecule has 1 aromatic heterocycles. The number of hydrogen-bond acceptors (Lipinski definition) is 6. The average Bonchev–Trinajstić information content (AvgIpc) is 3.01. The molecule has 2 fully saturated rings. The number of amides is 1. The van der Waals surface area contributed by atoms with Crippen LogP contribution < -0.4 is 16.2 Å². The Hall–Kier alpha value is -1.93. The van der Waals surface area contributed by atoms with Crippen LogP contribution in [0.4, 0.5) is 5.95 Å². The minimum absolute atomic E-state index is 0.000874. The summed E-state index contributed by atoms with van der Waals surface area (Å²) < 4.78 is 5.39. The minimum atomic E-state index is -0.0734. The first kappa shape index (κ1) is 16.5. The molecule has 3 heterocycles. The second-order valence-corrected chi connectivity index (χ2v) is 7.18. The number of carbonyl (C=O) groups is 1. The van der Waals surface area contributed by atoms with Gasteiger partial charge in [0, 0.05) is 37.2 Å². The topological polar surface area (TPSA) is 105 Å². The van der Waals surface area contributed by atoms with Gasteiger partial charge in [-0.05, 0) is 25.7 Å². The lowest BCUT2D eigenvalue weighted by Gasteiger charge is -2.39. The number of ether oxygens (including phenoxy) is 1. The summed E-state index contributed by atoms with van der Waals surface area (Å²) in [4.78, 5) is 36.2. The molecule has 2 saturated heterocycles. The summed E-state index contributed by atoms with van der Waals surface area (Å²) in [6.45, 7) is 4.24. The van der Waals surface area contributed by atoms with Gasteiger partial charge in [-0.25, -0.2) is 4.98 Å². The molecule has 1 amide bonds. The van der Waals surface area contributed by atoms with E-state index in [9.17, 15) is 9.59 Å². The third-order valence-corrected chi connectivity index (χ3v) is 5.92. The zero-order valence-electron chi connectivity index (χ0n) is 14.4. The second kappa shape index (κ2) is 6.42. The lowest BCUT2D eigenvalue weighted by molar-refractivity contribution is -0.131. The molecule has 25 heavy (non-hydrogen) atoms. The van der Waals surface area contributed by atoms with E-state index in [0.29, 0.717) is 32.3 Å². The van der Waals surface area contributed by atoms with Crippen LogP contribution in [0.3, 0.4) is 0 Å². The zero-order chi connectivity index (χ0) is 17.4. The molecule has 1 aliphatic carbocycles. The maximum Gasteiger partial charge on any atom is 0.255 e. The lowest BCUT2D eigenvalue weighted by Crippen LogP contribution is -2.47. The van der Waals surface area contributed by atoms with Crippen LogP contribution in [-0.2, 0) is 21.4 Å². The Morgan fingerprint density at radius 3 is 2.60 bits per heavy atom. The molecule has 1 spiro atoms. The van der Waals surface area contributed by atoms with Crippen molar-refractivity contribution in [3.05, 3.63) is 21.6 Å². The number of nitrogens with one attached hydrogen (secondary N) is 1. The first-order valence-corrected chi connectivity index (χ1v) is 9.07. The van der Waals surface area contributed by atoms with Crippen molar-refractivity contribution in [1.82, 2.24) is 14.9 Å². The van der Waals surface area contributed by atoms with Gasteiger partial charge in [0.25, 0.3) is 5.56 Å². The number of morpholine rings is 1. The molecule has 8 heteroatoms. The Bertz CT molecular complexity index is 717. The molecule has 3 N–H and O–H groups in total. The normalized spacial score (nSPS) is 22.3. The van der Waals surface area contributed by atoms with Gasteiger partial charge in [0.15, 0.2) is 0 Å². The lowest BCUT2D eigenvalue weighted by atomic mass is 9.76. The number of likely N-dealkylation sites (tertiary alicyclic amines) is 1. The maximum absolute atomic E-state index is 12.6. The van der Waals surface area contributed by atoms with E-state index in [0.717, 1.165) is 50.0 Å². The van der Waals surface area contributed by atoms with Gasteiger partial charge in [0.2, 0.25) is 11.9 Å². The van der Waals surface area contributed by atoms with Gasteiger partial charge in [0.1, 0.15) is 0 Å². The Labute approximate surface area is 146 Å². The number of nitrogens with two attached hydrogens (primary N) is 1. The quantitative estimate of drug-likeness (QED) is 0.738. The van der Waals surface area contributed by atoms with Crippen molar-refractivity contribution < 1.29 is 9.53 Å². The fourth-order valence-corrected chi connectivity index (χ4v) is 4.36. The van der Waals surface area contributed by atoms with E-state index < -0.39 is 0 Å². The molecule has 0 bridgehead atoms. The smallest absolute Gasteiger partial charge is 0.255 e. The van der Waals surface area contributed by atoms with E-state index >= 15 is 0 Å². The predicted molar refractivity (Wildman–Crippen MR) is 92.8 cm³/mol. The molecular formula is C17H25N5O3. The summed E-state index contributed by atoms with van der Waals surface area (Å²) in [5, 5.41) is 0. The molecule has 0 unspecified atom stereocenters. The molecule has 4 rings (SSSR count). The molecule has 8 nitrogen and oxygen atoms in total. The summed E-state index contributed by atoms with van der Waals surface area (Å²) in [6, 6.07) is 0. The van der Waals surface area contributed by atoms with E-state index in [2.05, 4.69) is 9.88 Å². The van der Waals surface area contributed by atoms with Crippen LogP contribution in [0.5, 0.6) is 0 Å². The summed E-state index contributed by atoms with van der Waals surface area (Å²) >= 11 is 0. The van der Waals surface area contributed by atoms with Crippen LogP contribution in [0, 0.1) is 0 Å². The van der Waals surface area contributed by atoms with Crippen LogP contribution in [0.25, 0.3) is 0 Å². The molecule has 0 aromatic carbocycles. The van der Waals surface area contributed by atoms with E-state index in [1.807, 2.05) is 4.90 Å². The third kappa shape index (κ3) is 2.83. The molecular weight excluding hydrogens is 322 g/mol. The van der Waals surface area contributed by atoms with Crippen molar-refractivity contribution in [2.45, 2.75) is 31.1 Å². The summed E-state index contributed by atoms with van der Waals surface area (Å²) in [5.41, 5.74) is 7.18. The van der Waals surface area contributed by atoms with Crippen LogP contribution in [0.2, 0.25) is 0 Å². The molecule has 0 saturated carbocycles. The van der Waals surface area contributed by atoms with Crippen LogP contribution in [0.1, 0.15) is 30.5 Å². The number of rotatable bonds is 2. The number of anilines is 1. The summed E-state index contributed by atoms with van der Waals surface area (Å²) in [7, 11) is 0. The Morgan fingerprint density at radius 2 is 1.92 bits per heavy atom. The van der Waals surface area contributed by atoms with Gasteiger partial charge < -0.3 is 20.3 Å². The molecule has 0 radical (unpaired) electrons. The van der Waals surface area contributed by atoms with E-state index in [1.165, 1.54) is 0 Å². The van der Waals surface area contributed by atoms with Crippen LogP contribution in [0.15, 0.2) is 4.79 Å². The monoisotopic (exact) mass is 347 g/mol. The van der Waals surface area contributed by atoms with Gasteiger partial charge >= 0.3 is 0 Å². The highest BCUT2D eigenvalue weighted by Gasteiger charge is 2.44. The number of aromatic amines is 1. The van der Waals surface area contributed by atoms with E-state index in [1.54, 1.807) is 0 Å². The van der Waals surface area contributed by atoms with Gasteiger partial charge in [-0.15, -0.1) is 0 Å². The number of aromatic nitrogens is 2. The van der Waals surface area contributed by atoms with Crippen molar-refractivity contribution in [1.29, 1.82) is 0 Å². The highest BCUT2D eigenvalue weighted by molar-refractivity contribution is 5.78. The molecule has 3 aliphatic rings. The van der Waals surface area contributed by atoms with Gasteiger partial charge in [0.05, 0.1) is 25.5 Å². The second-order valence-electron chi connectivity index (χ2n) is 7.18. The van der Waals surface area contributed by atoms with Gasteiger partial charge in [-0.1, -0.05) is 0 Å². The number of nitrogens with zero attached hydrogens (tertiary/aromatic N) is 3.